The van der Waals surface area contributed by atoms with Gasteiger partial charge < -0.3 is 25.0 Å². The van der Waals surface area contributed by atoms with Crippen LogP contribution in [-0.2, 0) is 6.42 Å². The van der Waals surface area contributed by atoms with Crippen molar-refractivity contribution in [3.63, 3.8) is 0 Å². The van der Waals surface area contributed by atoms with Crippen molar-refractivity contribution in [2.45, 2.75) is 31.3 Å². The first kappa shape index (κ1) is 22.5. The van der Waals surface area contributed by atoms with Crippen LogP contribution in [-0.4, -0.2) is 49.2 Å². The molecule has 0 radical (unpaired) electrons. The van der Waals surface area contributed by atoms with E-state index in [1.54, 1.807) is 0 Å². The van der Waals surface area contributed by atoms with Gasteiger partial charge in [-0.3, -0.25) is 0 Å². The summed E-state index contributed by atoms with van der Waals surface area (Å²) in [4.78, 5) is 0. The van der Waals surface area contributed by atoms with E-state index in [1.165, 1.54) is 11.1 Å². The Morgan fingerprint density at radius 1 is 1.14 bits per heavy atom. The first-order chi connectivity index (χ1) is 13.3. The van der Waals surface area contributed by atoms with E-state index in [1.807, 2.05) is 18.2 Å². The Balaban J connectivity index is 0.00000280. The van der Waals surface area contributed by atoms with Crippen LogP contribution >= 0.6 is 12.4 Å². The Hall–Kier alpha value is -1.79. The first-order valence-electron chi connectivity index (χ1n) is 9.69. The smallest absolute Gasteiger partial charge is 0.126 e. The lowest BCUT2D eigenvalue weighted by molar-refractivity contribution is 0.0996. The summed E-state index contributed by atoms with van der Waals surface area (Å²) in [6.07, 6.45) is 1.78. The molecule has 0 aromatic heterocycles. The van der Waals surface area contributed by atoms with E-state index in [-0.39, 0.29) is 25.6 Å². The van der Waals surface area contributed by atoms with Crippen LogP contribution in [0.1, 0.15) is 29.9 Å². The number of hydrogen-bond donors (Lipinski definition) is 3. The van der Waals surface area contributed by atoms with Gasteiger partial charge in [-0.15, -0.1) is 12.4 Å². The quantitative estimate of drug-likeness (QED) is 0.528. The fourth-order valence-corrected chi connectivity index (χ4v) is 3.26. The van der Waals surface area contributed by atoms with Crippen molar-refractivity contribution in [1.29, 1.82) is 0 Å². The number of benzene rings is 2. The van der Waals surface area contributed by atoms with E-state index < -0.39 is 6.10 Å². The number of rotatable bonds is 10. The Kier molecular flexibility index (Phi) is 9.58. The number of nitrogens with one attached hydrogen (secondary N) is 1. The zero-order valence-electron chi connectivity index (χ0n) is 16.0. The molecule has 2 aromatic carbocycles. The molecule has 1 heterocycles. The van der Waals surface area contributed by atoms with E-state index in [4.69, 9.17) is 14.6 Å². The van der Waals surface area contributed by atoms with Gasteiger partial charge in [-0.1, -0.05) is 36.4 Å². The predicted molar refractivity (Wildman–Crippen MR) is 113 cm³/mol. The highest BCUT2D eigenvalue weighted by Crippen LogP contribution is 2.34. The molecule has 3 rings (SSSR count). The Morgan fingerprint density at radius 2 is 1.96 bits per heavy atom. The van der Waals surface area contributed by atoms with Gasteiger partial charge in [0.25, 0.3) is 0 Å². The van der Waals surface area contributed by atoms with Crippen molar-refractivity contribution in [2.24, 2.45) is 0 Å². The summed E-state index contributed by atoms with van der Waals surface area (Å²) in [7, 11) is 0. The van der Waals surface area contributed by atoms with Gasteiger partial charge in [-0.25, -0.2) is 0 Å². The number of fused-ring (bicyclic) bond motifs is 1. The normalized spacial score (nSPS) is 16.4. The van der Waals surface area contributed by atoms with Crippen LogP contribution < -0.4 is 14.8 Å². The monoisotopic (exact) mass is 407 g/mol. The largest absolute Gasteiger partial charge is 0.493 e. The number of halogens is 1. The maximum atomic E-state index is 10.0. The molecule has 0 saturated carbocycles. The van der Waals surface area contributed by atoms with Crippen LogP contribution in [0.15, 0.2) is 48.5 Å². The Morgan fingerprint density at radius 3 is 2.75 bits per heavy atom. The fourth-order valence-electron chi connectivity index (χ4n) is 3.26. The summed E-state index contributed by atoms with van der Waals surface area (Å²) >= 11 is 0. The van der Waals surface area contributed by atoms with Gasteiger partial charge in [0.05, 0.1) is 12.7 Å². The standard InChI is InChI=1S/C22H29NO4.ClH/c24-12-4-10-23-11-9-20(25)16-26-21-8-7-18-13-19(15-27-22(18)14-21)17-5-2-1-3-6-17;/h1-3,5-8,14,19-20,23-25H,4,9-13,15-16H2;1H. The first-order valence-corrected chi connectivity index (χ1v) is 9.69. The summed E-state index contributed by atoms with van der Waals surface area (Å²) in [6.45, 7) is 2.58. The topological polar surface area (TPSA) is 71.0 Å². The average Bonchev–Trinajstić information content (AvgIpc) is 2.72. The summed E-state index contributed by atoms with van der Waals surface area (Å²) in [5.41, 5.74) is 2.50. The molecule has 6 heteroatoms. The second-order valence-corrected chi connectivity index (χ2v) is 6.97. The maximum absolute atomic E-state index is 10.0. The van der Waals surface area contributed by atoms with E-state index in [2.05, 4.69) is 35.6 Å². The average molecular weight is 408 g/mol. The highest BCUT2D eigenvalue weighted by atomic mass is 35.5. The SMILES string of the molecule is Cl.OCCCNCCC(O)COc1ccc2c(c1)OCC(c1ccccc1)C2. The second-order valence-electron chi connectivity index (χ2n) is 6.97. The summed E-state index contributed by atoms with van der Waals surface area (Å²) in [6, 6.07) is 16.4. The highest BCUT2D eigenvalue weighted by Gasteiger charge is 2.21. The minimum Gasteiger partial charge on any atom is -0.493 e. The molecule has 1 aliphatic heterocycles. The van der Waals surface area contributed by atoms with Crippen molar-refractivity contribution in [1.82, 2.24) is 5.32 Å². The van der Waals surface area contributed by atoms with Crippen LogP contribution in [0, 0.1) is 0 Å². The minimum atomic E-state index is -0.522. The molecule has 0 amide bonds. The summed E-state index contributed by atoms with van der Waals surface area (Å²) in [5.74, 6) is 1.98. The zero-order valence-corrected chi connectivity index (χ0v) is 16.9. The molecule has 0 fully saturated rings. The van der Waals surface area contributed by atoms with E-state index >= 15 is 0 Å². The minimum absolute atomic E-state index is 0. The maximum Gasteiger partial charge on any atom is 0.126 e. The molecule has 5 nitrogen and oxygen atoms in total. The summed E-state index contributed by atoms with van der Waals surface area (Å²) < 4.78 is 11.7. The van der Waals surface area contributed by atoms with Crippen LogP contribution in [0.5, 0.6) is 11.5 Å². The lowest BCUT2D eigenvalue weighted by atomic mass is 9.90. The van der Waals surface area contributed by atoms with E-state index in [0.717, 1.165) is 30.9 Å². The molecule has 2 unspecified atom stereocenters. The van der Waals surface area contributed by atoms with E-state index in [0.29, 0.717) is 25.5 Å². The van der Waals surface area contributed by atoms with Gasteiger partial charge >= 0.3 is 0 Å². The van der Waals surface area contributed by atoms with Gasteiger partial charge in [0.1, 0.15) is 18.1 Å². The van der Waals surface area contributed by atoms with Gasteiger partial charge in [0, 0.05) is 18.6 Å². The van der Waals surface area contributed by atoms with Crippen molar-refractivity contribution < 1.29 is 19.7 Å². The second kappa shape index (κ2) is 11.9. The van der Waals surface area contributed by atoms with Gasteiger partial charge in [-0.05, 0) is 49.5 Å². The van der Waals surface area contributed by atoms with Crippen LogP contribution in [0.3, 0.4) is 0 Å². The lowest BCUT2D eigenvalue weighted by Gasteiger charge is -2.26. The number of aliphatic hydroxyl groups is 2. The molecular formula is C22H30ClNO4. The fraction of sp³-hybridized carbons (Fsp3) is 0.455. The molecule has 0 bridgehead atoms. The third-order valence-electron chi connectivity index (χ3n) is 4.82. The van der Waals surface area contributed by atoms with Crippen molar-refractivity contribution in [3.05, 3.63) is 59.7 Å². The molecule has 0 spiro atoms. The molecular weight excluding hydrogens is 378 g/mol. The number of ether oxygens (including phenoxy) is 2. The van der Waals surface area contributed by atoms with Crippen LogP contribution in [0.2, 0.25) is 0 Å². The lowest BCUT2D eigenvalue weighted by Crippen LogP contribution is -2.25. The molecule has 0 aliphatic carbocycles. The third-order valence-corrected chi connectivity index (χ3v) is 4.82. The zero-order chi connectivity index (χ0) is 18.9. The molecule has 154 valence electrons. The number of hydrogen-bond acceptors (Lipinski definition) is 5. The Bertz CT molecular complexity index is 698. The molecule has 2 aromatic rings. The predicted octanol–water partition coefficient (Wildman–Crippen LogP) is 2.93. The highest BCUT2D eigenvalue weighted by molar-refractivity contribution is 5.85. The molecule has 0 saturated heterocycles. The van der Waals surface area contributed by atoms with E-state index in [9.17, 15) is 5.11 Å². The molecule has 1 aliphatic rings. The van der Waals surface area contributed by atoms with Gasteiger partial charge in [0.15, 0.2) is 0 Å². The molecule has 2 atom stereocenters. The van der Waals surface area contributed by atoms with Gasteiger partial charge in [0.2, 0.25) is 0 Å². The van der Waals surface area contributed by atoms with Gasteiger partial charge in [-0.2, -0.15) is 0 Å². The molecule has 3 N–H and O–H groups in total. The third kappa shape index (κ3) is 6.67. The van der Waals surface area contributed by atoms with Crippen molar-refractivity contribution >= 4 is 12.4 Å². The number of aliphatic hydroxyl groups excluding tert-OH is 2. The molecule has 28 heavy (non-hydrogen) atoms. The van der Waals surface area contributed by atoms with Crippen LogP contribution in [0.25, 0.3) is 0 Å². The Labute approximate surface area is 173 Å². The van der Waals surface area contributed by atoms with Crippen molar-refractivity contribution in [2.75, 3.05) is 32.9 Å². The summed E-state index contributed by atoms with van der Waals surface area (Å²) in [5, 5.41) is 21.9. The van der Waals surface area contributed by atoms with Crippen LogP contribution in [0.4, 0.5) is 0 Å². The van der Waals surface area contributed by atoms with Crippen molar-refractivity contribution in [3.8, 4) is 11.5 Å².